The molecule has 1 saturated heterocycles. The molecule has 1 aliphatic rings. The van der Waals surface area contributed by atoms with E-state index in [-0.39, 0.29) is 30.6 Å². The predicted molar refractivity (Wildman–Crippen MR) is 92.7 cm³/mol. The number of rotatable bonds is 7. The van der Waals surface area contributed by atoms with Crippen molar-refractivity contribution in [2.45, 2.75) is 32.9 Å². The van der Waals surface area contributed by atoms with Crippen molar-refractivity contribution in [1.29, 1.82) is 0 Å². The van der Waals surface area contributed by atoms with Gasteiger partial charge in [0.1, 0.15) is 11.6 Å². The van der Waals surface area contributed by atoms with Crippen molar-refractivity contribution >= 4 is 11.8 Å². The van der Waals surface area contributed by atoms with Crippen molar-refractivity contribution in [3.63, 3.8) is 0 Å². The van der Waals surface area contributed by atoms with E-state index in [9.17, 15) is 14.0 Å². The maximum Gasteiger partial charge on any atom is 0.237 e. The molecule has 1 aromatic rings. The SMILES string of the molecule is CCN(CC)C(=O)C[C@@H]1C(=O)NCCN1Cc1ccc(OC)cc1F. The molecule has 1 aromatic carbocycles. The fourth-order valence-corrected chi connectivity index (χ4v) is 3.05. The summed E-state index contributed by atoms with van der Waals surface area (Å²) in [5, 5.41) is 2.80. The second-order valence-electron chi connectivity index (χ2n) is 6.00. The Kier molecular flexibility index (Phi) is 6.75. The second kappa shape index (κ2) is 8.80. The Bertz CT molecular complexity index is 620. The lowest BCUT2D eigenvalue weighted by Gasteiger charge is -2.35. The van der Waals surface area contributed by atoms with Gasteiger partial charge >= 0.3 is 0 Å². The topological polar surface area (TPSA) is 61.9 Å². The minimum absolute atomic E-state index is 0.0627. The molecule has 2 rings (SSSR count). The fourth-order valence-electron chi connectivity index (χ4n) is 3.05. The Hall–Kier alpha value is -2.15. The Morgan fingerprint density at radius 1 is 1.40 bits per heavy atom. The number of nitrogens with one attached hydrogen (secondary N) is 1. The van der Waals surface area contributed by atoms with Crippen molar-refractivity contribution in [2.75, 3.05) is 33.3 Å². The Morgan fingerprint density at radius 3 is 2.72 bits per heavy atom. The van der Waals surface area contributed by atoms with Gasteiger partial charge in [-0.05, 0) is 19.9 Å². The first-order valence-corrected chi connectivity index (χ1v) is 8.62. The average Bonchev–Trinajstić information content (AvgIpc) is 2.60. The Balaban J connectivity index is 2.13. The van der Waals surface area contributed by atoms with Gasteiger partial charge in [0.15, 0.2) is 0 Å². The smallest absolute Gasteiger partial charge is 0.237 e. The van der Waals surface area contributed by atoms with Gasteiger partial charge in [-0.1, -0.05) is 6.07 Å². The van der Waals surface area contributed by atoms with Crippen molar-refractivity contribution in [3.8, 4) is 5.75 Å². The molecule has 1 aliphatic heterocycles. The lowest BCUT2D eigenvalue weighted by molar-refractivity contribution is -0.138. The second-order valence-corrected chi connectivity index (χ2v) is 6.00. The molecule has 0 bridgehead atoms. The van der Waals surface area contributed by atoms with Crippen molar-refractivity contribution in [2.24, 2.45) is 0 Å². The highest BCUT2D eigenvalue weighted by Crippen LogP contribution is 2.20. The van der Waals surface area contributed by atoms with Crippen LogP contribution in [0.5, 0.6) is 5.75 Å². The summed E-state index contributed by atoms with van der Waals surface area (Å²) in [5.41, 5.74) is 0.482. The van der Waals surface area contributed by atoms with Gasteiger partial charge in [-0.25, -0.2) is 4.39 Å². The molecule has 2 amide bonds. The number of nitrogens with zero attached hydrogens (tertiary/aromatic N) is 2. The zero-order valence-electron chi connectivity index (χ0n) is 15.0. The van der Waals surface area contributed by atoms with Gasteiger partial charge in [0.05, 0.1) is 19.6 Å². The van der Waals surface area contributed by atoms with Crippen LogP contribution in [0.2, 0.25) is 0 Å². The quantitative estimate of drug-likeness (QED) is 0.807. The summed E-state index contributed by atoms with van der Waals surface area (Å²) in [5.74, 6) is -0.169. The first-order valence-electron chi connectivity index (χ1n) is 8.62. The van der Waals surface area contributed by atoms with Crippen molar-refractivity contribution in [1.82, 2.24) is 15.1 Å². The van der Waals surface area contributed by atoms with Crippen LogP contribution < -0.4 is 10.1 Å². The Labute approximate surface area is 147 Å². The van der Waals surface area contributed by atoms with Gasteiger partial charge in [-0.3, -0.25) is 14.5 Å². The number of carbonyl (C=O) groups excluding carboxylic acids is 2. The van der Waals surface area contributed by atoms with Gasteiger partial charge in [0, 0.05) is 44.4 Å². The summed E-state index contributed by atoms with van der Waals surface area (Å²) in [6, 6.07) is 4.10. The predicted octanol–water partition coefficient (Wildman–Crippen LogP) is 1.39. The maximum atomic E-state index is 14.2. The van der Waals surface area contributed by atoms with E-state index in [0.29, 0.717) is 37.5 Å². The fraction of sp³-hybridized carbons (Fsp3) is 0.556. The summed E-state index contributed by atoms with van der Waals surface area (Å²) in [6.45, 7) is 6.38. The molecule has 25 heavy (non-hydrogen) atoms. The molecule has 1 N–H and O–H groups in total. The molecule has 1 heterocycles. The molecular formula is C18H26FN3O3. The van der Waals surface area contributed by atoms with E-state index in [1.807, 2.05) is 18.7 Å². The monoisotopic (exact) mass is 351 g/mol. The number of carbonyl (C=O) groups is 2. The van der Waals surface area contributed by atoms with Crippen LogP contribution >= 0.6 is 0 Å². The zero-order valence-corrected chi connectivity index (χ0v) is 15.0. The van der Waals surface area contributed by atoms with E-state index in [0.717, 1.165) is 0 Å². The van der Waals surface area contributed by atoms with Crippen LogP contribution in [0.3, 0.4) is 0 Å². The van der Waals surface area contributed by atoms with E-state index in [1.165, 1.54) is 13.2 Å². The summed E-state index contributed by atoms with van der Waals surface area (Å²) >= 11 is 0. The van der Waals surface area contributed by atoms with Crippen molar-refractivity contribution in [3.05, 3.63) is 29.6 Å². The largest absolute Gasteiger partial charge is 0.497 e. The first-order chi connectivity index (χ1) is 12.0. The molecule has 7 heteroatoms. The van der Waals surface area contributed by atoms with E-state index in [2.05, 4.69) is 5.32 Å². The van der Waals surface area contributed by atoms with Crippen LogP contribution in [-0.2, 0) is 16.1 Å². The lowest BCUT2D eigenvalue weighted by atomic mass is 10.1. The van der Waals surface area contributed by atoms with E-state index < -0.39 is 6.04 Å². The molecule has 0 saturated carbocycles. The molecule has 0 radical (unpaired) electrons. The third-order valence-electron chi connectivity index (χ3n) is 4.56. The van der Waals surface area contributed by atoms with Gasteiger partial charge in [-0.15, -0.1) is 0 Å². The summed E-state index contributed by atoms with van der Waals surface area (Å²) in [4.78, 5) is 28.2. The van der Waals surface area contributed by atoms with Crippen LogP contribution in [0.15, 0.2) is 18.2 Å². The van der Waals surface area contributed by atoms with Crippen LogP contribution in [0.1, 0.15) is 25.8 Å². The van der Waals surface area contributed by atoms with E-state index in [4.69, 9.17) is 4.74 Å². The molecule has 0 aliphatic carbocycles. The number of hydrogen-bond donors (Lipinski definition) is 1. The third-order valence-corrected chi connectivity index (χ3v) is 4.56. The lowest BCUT2D eigenvalue weighted by Crippen LogP contribution is -2.56. The van der Waals surface area contributed by atoms with Crippen LogP contribution in [0.4, 0.5) is 4.39 Å². The van der Waals surface area contributed by atoms with Crippen LogP contribution in [0.25, 0.3) is 0 Å². The highest BCUT2D eigenvalue weighted by Gasteiger charge is 2.32. The number of methoxy groups -OCH3 is 1. The highest BCUT2D eigenvalue weighted by molar-refractivity contribution is 5.88. The van der Waals surface area contributed by atoms with Crippen molar-refractivity contribution < 1.29 is 18.7 Å². The number of halogens is 1. The van der Waals surface area contributed by atoms with E-state index >= 15 is 0 Å². The standard InChI is InChI=1S/C18H26FN3O3/c1-4-21(5-2)17(23)11-16-18(24)20-8-9-22(16)12-13-6-7-14(25-3)10-15(13)19/h6-7,10,16H,4-5,8-9,11-12H2,1-3H3,(H,20,24)/t16-/m1/s1. The molecule has 0 unspecified atom stereocenters. The molecule has 1 atom stereocenters. The van der Waals surface area contributed by atoms with Crippen LogP contribution in [0, 0.1) is 5.82 Å². The molecule has 1 fully saturated rings. The number of ether oxygens (including phenoxy) is 1. The molecule has 6 nitrogen and oxygen atoms in total. The Morgan fingerprint density at radius 2 is 2.12 bits per heavy atom. The third kappa shape index (κ3) is 4.69. The molecule has 138 valence electrons. The summed E-state index contributed by atoms with van der Waals surface area (Å²) in [6.07, 6.45) is 0.102. The molecule has 0 aromatic heterocycles. The molecular weight excluding hydrogens is 325 g/mol. The van der Waals surface area contributed by atoms with Gasteiger partial charge in [0.2, 0.25) is 11.8 Å². The highest BCUT2D eigenvalue weighted by atomic mass is 19.1. The van der Waals surface area contributed by atoms with Gasteiger partial charge in [-0.2, -0.15) is 0 Å². The number of benzene rings is 1. The number of hydrogen-bond acceptors (Lipinski definition) is 4. The van der Waals surface area contributed by atoms with E-state index in [1.54, 1.807) is 17.0 Å². The molecule has 0 spiro atoms. The minimum atomic E-state index is -0.580. The number of piperazine rings is 1. The normalized spacial score (nSPS) is 17.9. The maximum absolute atomic E-state index is 14.2. The van der Waals surface area contributed by atoms with Crippen LogP contribution in [-0.4, -0.2) is 60.9 Å². The van der Waals surface area contributed by atoms with Gasteiger partial charge in [0.25, 0.3) is 0 Å². The zero-order chi connectivity index (χ0) is 18.4. The average molecular weight is 351 g/mol. The first kappa shape index (κ1) is 19.2. The summed E-state index contributed by atoms with van der Waals surface area (Å²) in [7, 11) is 1.48. The van der Waals surface area contributed by atoms with Gasteiger partial charge < -0.3 is 15.0 Å². The number of amides is 2. The summed E-state index contributed by atoms with van der Waals surface area (Å²) < 4.78 is 19.2. The minimum Gasteiger partial charge on any atom is -0.497 e.